The van der Waals surface area contributed by atoms with Crippen molar-refractivity contribution < 1.29 is 14.3 Å². The zero-order valence-corrected chi connectivity index (χ0v) is 18.5. The number of benzene rings is 2. The first-order valence-corrected chi connectivity index (χ1v) is 10.8. The molecule has 1 saturated heterocycles. The standard InChI is InChI=1S/C23H24ClN5O3/c1-2-32-23(31)20-15-26-29(21(20)25)18-8-6-16(7-9-18)22(30)28-12-10-27(11-13-28)19-5-3-4-17(24)14-19/h3-9,14-15H,2,10-13,25H2,1H3. The first kappa shape index (κ1) is 21.7. The van der Waals surface area contributed by atoms with Gasteiger partial charge in [0.05, 0.1) is 18.5 Å². The highest BCUT2D eigenvalue weighted by atomic mass is 35.5. The Morgan fingerprint density at radius 3 is 2.44 bits per heavy atom. The molecule has 1 fully saturated rings. The number of ether oxygens (including phenoxy) is 1. The molecule has 0 saturated carbocycles. The molecule has 1 aromatic heterocycles. The van der Waals surface area contributed by atoms with Crippen LogP contribution in [0.25, 0.3) is 5.69 Å². The lowest BCUT2D eigenvalue weighted by Gasteiger charge is -2.36. The maximum absolute atomic E-state index is 13.0. The van der Waals surface area contributed by atoms with Gasteiger partial charge < -0.3 is 20.3 Å². The van der Waals surface area contributed by atoms with Crippen LogP contribution in [0.5, 0.6) is 0 Å². The maximum atomic E-state index is 13.0. The van der Waals surface area contributed by atoms with Gasteiger partial charge in [-0.15, -0.1) is 0 Å². The average molecular weight is 454 g/mol. The van der Waals surface area contributed by atoms with Gasteiger partial charge in [-0.05, 0) is 49.4 Å². The summed E-state index contributed by atoms with van der Waals surface area (Å²) in [6, 6.07) is 14.7. The summed E-state index contributed by atoms with van der Waals surface area (Å²) in [5.74, 6) is -0.345. The molecule has 3 aromatic rings. The molecule has 0 spiro atoms. The number of nitrogen functional groups attached to an aromatic ring is 1. The Hall–Kier alpha value is -3.52. The average Bonchev–Trinajstić information content (AvgIpc) is 3.20. The van der Waals surface area contributed by atoms with Crippen LogP contribution in [-0.2, 0) is 4.74 Å². The Bertz CT molecular complexity index is 1120. The van der Waals surface area contributed by atoms with Crippen LogP contribution in [0.3, 0.4) is 0 Å². The van der Waals surface area contributed by atoms with Crippen molar-refractivity contribution in [3.8, 4) is 5.69 Å². The third kappa shape index (κ3) is 4.40. The second-order valence-electron chi connectivity index (χ2n) is 7.38. The van der Waals surface area contributed by atoms with Crippen molar-refractivity contribution in [1.82, 2.24) is 14.7 Å². The molecule has 1 aliphatic rings. The SMILES string of the molecule is CCOC(=O)c1cnn(-c2ccc(C(=O)N3CCN(c4cccc(Cl)c4)CC3)cc2)c1N. The summed E-state index contributed by atoms with van der Waals surface area (Å²) >= 11 is 6.09. The molecule has 1 aliphatic heterocycles. The van der Waals surface area contributed by atoms with Gasteiger partial charge in [0.15, 0.2) is 0 Å². The molecule has 2 N–H and O–H groups in total. The molecule has 0 aliphatic carbocycles. The van der Waals surface area contributed by atoms with E-state index in [1.165, 1.54) is 10.9 Å². The fourth-order valence-electron chi connectivity index (χ4n) is 3.70. The quantitative estimate of drug-likeness (QED) is 0.596. The summed E-state index contributed by atoms with van der Waals surface area (Å²) in [7, 11) is 0. The molecule has 166 valence electrons. The summed E-state index contributed by atoms with van der Waals surface area (Å²) in [6.45, 7) is 4.72. The van der Waals surface area contributed by atoms with Gasteiger partial charge in [-0.3, -0.25) is 4.79 Å². The van der Waals surface area contributed by atoms with E-state index in [-0.39, 0.29) is 23.9 Å². The Balaban J connectivity index is 1.41. The molecule has 0 radical (unpaired) electrons. The Labute approximate surface area is 191 Å². The molecule has 2 aromatic carbocycles. The number of rotatable bonds is 5. The van der Waals surface area contributed by atoms with E-state index in [2.05, 4.69) is 10.00 Å². The third-order valence-electron chi connectivity index (χ3n) is 5.40. The zero-order chi connectivity index (χ0) is 22.7. The number of piperazine rings is 1. The van der Waals surface area contributed by atoms with Crippen molar-refractivity contribution in [2.45, 2.75) is 6.92 Å². The monoisotopic (exact) mass is 453 g/mol. The van der Waals surface area contributed by atoms with Gasteiger partial charge in [0.25, 0.3) is 5.91 Å². The fourth-order valence-corrected chi connectivity index (χ4v) is 3.88. The number of hydrogen-bond donors (Lipinski definition) is 1. The first-order chi connectivity index (χ1) is 15.5. The Morgan fingerprint density at radius 2 is 1.78 bits per heavy atom. The first-order valence-electron chi connectivity index (χ1n) is 10.4. The predicted octanol–water partition coefficient (Wildman–Crippen LogP) is 3.25. The van der Waals surface area contributed by atoms with Crippen LogP contribution >= 0.6 is 11.6 Å². The van der Waals surface area contributed by atoms with Crippen molar-refractivity contribution in [3.63, 3.8) is 0 Å². The van der Waals surface area contributed by atoms with E-state index in [0.29, 0.717) is 29.4 Å². The minimum atomic E-state index is -0.514. The number of nitrogens with two attached hydrogens (primary N) is 1. The number of halogens is 1. The lowest BCUT2D eigenvalue weighted by molar-refractivity contribution is 0.0527. The number of aromatic nitrogens is 2. The largest absolute Gasteiger partial charge is 0.462 e. The van der Waals surface area contributed by atoms with E-state index in [4.69, 9.17) is 22.1 Å². The van der Waals surface area contributed by atoms with Crippen molar-refractivity contribution >= 4 is 35.0 Å². The minimum absolute atomic E-state index is 0.0251. The number of esters is 1. The summed E-state index contributed by atoms with van der Waals surface area (Å²) in [6.07, 6.45) is 1.38. The van der Waals surface area contributed by atoms with E-state index in [9.17, 15) is 9.59 Å². The fraction of sp³-hybridized carbons (Fsp3) is 0.261. The second kappa shape index (κ2) is 9.32. The third-order valence-corrected chi connectivity index (χ3v) is 5.64. The molecule has 0 bridgehead atoms. The highest BCUT2D eigenvalue weighted by Gasteiger charge is 2.23. The predicted molar refractivity (Wildman–Crippen MR) is 124 cm³/mol. The zero-order valence-electron chi connectivity index (χ0n) is 17.7. The Morgan fingerprint density at radius 1 is 1.06 bits per heavy atom. The van der Waals surface area contributed by atoms with Crippen LogP contribution in [0.4, 0.5) is 11.5 Å². The van der Waals surface area contributed by atoms with Crippen molar-refractivity contribution in [2.24, 2.45) is 0 Å². The van der Waals surface area contributed by atoms with Gasteiger partial charge in [0, 0.05) is 42.5 Å². The summed E-state index contributed by atoms with van der Waals surface area (Å²) in [4.78, 5) is 29.0. The van der Waals surface area contributed by atoms with E-state index < -0.39 is 5.97 Å². The lowest BCUT2D eigenvalue weighted by Crippen LogP contribution is -2.48. The van der Waals surface area contributed by atoms with Crippen molar-refractivity contribution in [3.05, 3.63) is 70.9 Å². The number of nitrogens with zero attached hydrogens (tertiary/aromatic N) is 4. The Kier molecular flexibility index (Phi) is 6.32. The smallest absolute Gasteiger partial charge is 0.343 e. The van der Waals surface area contributed by atoms with Crippen LogP contribution in [0, 0.1) is 0 Å². The van der Waals surface area contributed by atoms with E-state index >= 15 is 0 Å². The number of anilines is 2. The van der Waals surface area contributed by atoms with Gasteiger partial charge >= 0.3 is 5.97 Å². The van der Waals surface area contributed by atoms with Crippen LogP contribution in [0.2, 0.25) is 5.02 Å². The highest BCUT2D eigenvalue weighted by Crippen LogP contribution is 2.22. The maximum Gasteiger partial charge on any atom is 0.343 e. The van der Waals surface area contributed by atoms with Crippen molar-refractivity contribution in [2.75, 3.05) is 43.4 Å². The molecule has 2 heterocycles. The normalized spacial score (nSPS) is 13.8. The number of carbonyl (C=O) groups is 2. The van der Waals surface area contributed by atoms with Crippen LogP contribution in [0.1, 0.15) is 27.6 Å². The molecule has 9 heteroatoms. The highest BCUT2D eigenvalue weighted by molar-refractivity contribution is 6.30. The van der Waals surface area contributed by atoms with Gasteiger partial charge in [-0.25, -0.2) is 9.48 Å². The summed E-state index contributed by atoms with van der Waals surface area (Å²) < 4.78 is 6.43. The van der Waals surface area contributed by atoms with E-state index in [1.807, 2.05) is 29.2 Å². The topological polar surface area (TPSA) is 93.7 Å². The molecule has 0 atom stereocenters. The number of amides is 1. The van der Waals surface area contributed by atoms with Gasteiger partial charge in [0.2, 0.25) is 0 Å². The molecule has 4 rings (SSSR count). The summed E-state index contributed by atoms with van der Waals surface area (Å²) in [5, 5.41) is 4.88. The number of carbonyl (C=O) groups excluding carboxylic acids is 2. The lowest BCUT2D eigenvalue weighted by atomic mass is 10.1. The molecule has 0 unspecified atom stereocenters. The minimum Gasteiger partial charge on any atom is -0.462 e. The van der Waals surface area contributed by atoms with E-state index in [0.717, 1.165) is 18.8 Å². The van der Waals surface area contributed by atoms with Crippen LogP contribution in [-0.4, -0.2) is 59.3 Å². The molecule has 32 heavy (non-hydrogen) atoms. The van der Waals surface area contributed by atoms with E-state index in [1.54, 1.807) is 31.2 Å². The van der Waals surface area contributed by atoms with Gasteiger partial charge in [0.1, 0.15) is 11.4 Å². The van der Waals surface area contributed by atoms with Crippen LogP contribution in [0.15, 0.2) is 54.7 Å². The second-order valence-corrected chi connectivity index (χ2v) is 7.82. The molecule has 1 amide bonds. The van der Waals surface area contributed by atoms with Gasteiger partial charge in [-0.2, -0.15) is 5.10 Å². The summed E-state index contributed by atoms with van der Waals surface area (Å²) in [5.41, 5.74) is 8.58. The van der Waals surface area contributed by atoms with Crippen LogP contribution < -0.4 is 10.6 Å². The number of hydrogen-bond acceptors (Lipinski definition) is 6. The van der Waals surface area contributed by atoms with Crippen molar-refractivity contribution in [1.29, 1.82) is 0 Å². The molecular formula is C23H24ClN5O3. The molecule has 8 nitrogen and oxygen atoms in total. The molecular weight excluding hydrogens is 430 g/mol. The van der Waals surface area contributed by atoms with Gasteiger partial charge in [-0.1, -0.05) is 17.7 Å².